The molecule has 5 aliphatic rings. The summed E-state index contributed by atoms with van der Waals surface area (Å²) in [6.45, 7) is 0. The predicted octanol–water partition coefficient (Wildman–Crippen LogP) is 9.11. The molecular weight excluding hydrogens is 516 g/mol. The van der Waals surface area contributed by atoms with Crippen LogP contribution in [0.25, 0.3) is 76.1 Å². The van der Waals surface area contributed by atoms with Gasteiger partial charge in [-0.1, -0.05) is 54.6 Å². The number of fused-ring (bicyclic) bond motifs is 3. The maximum absolute atomic E-state index is 5.03. The first-order valence-electron chi connectivity index (χ1n) is 14.6. The SMILES string of the molecule is c1ccc2c(c1)sc1c(-c3cc4c5c6c3Cc3ccc7c(c3-6)-c3c(ccc6c3-c3c(ccc(c3-5)C4)C6)C7)ncnc12. The molecule has 2 aromatic heterocycles. The molecule has 5 aromatic carbocycles. The summed E-state index contributed by atoms with van der Waals surface area (Å²) in [5, 5.41) is 1.23. The van der Waals surface area contributed by atoms with Gasteiger partial charge in [0, 0.05) is 15.6 Å². The van der Waals surface area contributed by atoms with E-state index in [0.29, 0.717) is 0 Å². The third kappa shape index (κ3) is 2.15. The molecule has 0 radical (unpaired) electrons. The summed E-state index contributed by atoms with van der Waals surface area (Å²) in [7, 11) is 0. The van der Waals surface area contributed by atoms with Gasteiger partial charge in [-0.2, -0.15) is 0 Å². The zero-order valence-corrected chi connectivity index (χ0v) is 22.9. The second kappa shape index (κ2) is 6.48. The van der Waals surface area contributed by atoms with Crippen LogP contribution in [0.4, 0.5) is 0 Å². The van der Waals surface area contributed by atoms with Crippen molar-refractivity contribution < 1.29 is 0 Å². The minimum atomic E-state index is 0.964. The minimum Gasteiger partial charge on any atom is -0.235 e. The highest BCUT2D eigenvalue weighted by atomic mass is 32.1. The Bertz CT molecular complexity index is 2480. The summed E-state index contributed by atoms with van der Waals surface area (Å²) in [5.41, 5.74) is 27.6. The van der Waals surface area contributed by atoms with E-state index in [1.54, 1.807) is 11.9 Å². The van der Waals surface area contributed by atoms with Crippen molar-refractivity contribution in [1.29, 1.82) is 0 Å². The van der Waals surface area contributed by atoms with Gasteiger partial charge >= 0.3 is 0 Å². The van der Waals surface area contributed by atoms with Gasteiger partial charge in [-0.05, 0) is 127 Å². The molecule has 5 aliphatic carbocycles. The molecule has 0 saturated carbocycles. The molecule has 0 fully saturated rings. The lowest BCUT2D eigenvalue weighted by molar-refractivity contribution is 1.19. The third-order valence-electron chi connectivity index (χ3n) is 10.6. The molecule has 0 spiro atoms. The number of aromatic nitrogens is 2. The molecule has 0 aliphatic heterocycles. The van der Waals surface area contributed by atoms with E-state index in [1.807, 2.05) is 11.3 Å². The van der Waals surface area contributed by atoms with Gasteiger partial charge in [0.25, 0.3) is 0 Å². The van der Waals surface area contributed by atoms with Gasteiger partial charge in [-0.15, -0.1) is 11.3 Å². The lowest BCUT2D eigenvalue weighted by atomic mass is 9.80. The third-order valence-corrected chi connectivity index (χ3v) is 11.7. The molecule has 2 heterocycles. The Kier molecular flexibility index (Phi) is 3.21. The van der Waals surface area contributed by atoms with Gasteiger partial charge in [-0.25, -0.2) is 9.97 Å². The highest BCUT2D eigenvalue weighted by Gasteiger charge is 2.42. The first-order chi connectivity index (χ1) is 20.3. The van der Waals surface area contributed by atoms with Crippen LogP contribution in [0.15, 0.2) is 73.1 Å². The van der Waals surface area contributed by atoms with Crippen LogP contribution in [0, 0.1) is 0 Å². The van der Waals surface area contributed by atoms with Crippen molar-refractivity contribution in [3.05, 3.63) is 118 Å². The molecule has 12 rings (SSSR count). The maximum atomic E-state index is 5.03. The Labute approximate surface area is 240 Å². The number of benzene rings is 5. The Balaban J connectivity index is 1.28. The molecule has 0 saturated heterocycles. The normalized spacial score (nSPS) is 14.9. The lowest BCUT2D eigenvalue weighted by Crippen LogP contribution is -1.98. The summed E-state index contributed by atoms with van der Waals surface area (Å²) in [4.78, 5) is 9.81. The van der Waals surface area contributed by atoms with Crippen LogP contribution in [-0.4, -0.2) is 9.97 Å². The standard InChI is InChI=1S/C38H20N2S/c1-2-4-27-24(3-1)36-38(41-27)37(40-16-39-36)26-15-23-13-21-8-7-19-11-17-5-6-18-12-20-9-10-22-14-25(26)35-33(22)31(20)29(18)28(17)30(19)32(21)34(23)35/h1-10,15-16H,11-14H2. The molecule has 7 aromatic rings. The van der Waals surface area contributed by atoms with Gasteiger partial charge in [0.15, 0.2) is 0 Å². The lowest BCUT2D eigenvalue weighted by Gasteiger charge is -2.23. The molecule has 2 nitrogen and oxygen atoms in total. The number of rotatable bonds is 1. The molecule has 0 bridgehead atoms. The molecule has 41 heavy (non-hydrogen) atoms. The zero-order valence-electron chi connectivity index (χ0n) is 22.1. The van der Waals surface area contributed by atoms with E-state index in [9.17, 15) is 0 Å². The van der Waals surface area contributed by atoms with Crippen molar-refractivity contribution in [3.63, 3.8) is 0 Å². The first-order valence-corrected chi connectivity index (χ1v) is 15.4. The van der Waals surface area contributed by atoms with E-state index in [-0.39, 0.29) is 0 Å². The minimum absolute atomic E-state index is 0.964. The molecule has 0 amide bonds. The van der Waals surface area contributed by atoms with Gasteiger partial charge in [0.2, 0.25) is 0 Å². The largest absolute Gasteiger partial charge is 0.235 e. The number of hydrogen-bond acceptors (Lipinski definition) is 3. The average Bonchev–Trinajstić information content (AvgIpc) is 3.78. The van der Waals surface area contributed by atoms with E-state index < -0.39 is 0 Å². The molecule has 0 atom stereocenters. The van der Waals surface area contributed by atoms with Crippen molar-refractivity contribution in [1.82, 2.24) is 9.97 Å². The van der Waals surface area contributed by atoms with Crippen LogP contribution in [0.1, 0.15) is 44.5 Å². The van der Waals surface area contributed by atoms with Gasteiger partial charge in [0.05, 0.1) is 15.9 Å². The van der Waals surface area contributed by atoms with Crippen LogP contribution < -0.4 is 0 Å². The quantitative estimate of drug-likeness (QED) is 0.209. The van der Waals surface area contributed by atoms with Gasteiger partial charge in [0.1, 0.15) is 6.33 Å². The topological polar surface area (TPSA) is 25.8 Å². The van der Waals surface area contributed by atoms with E-state index >= 15 is 0 Å². The second-order valence-electron chi connectivity index (χ2n) is 12.4. The fraction of sp³-hybridized carbons (Fsp3) is 0.105. The number of nitrogens with zero attached hydrogens (tertiary/aromatic N) is 2. The van der Waals surface area contributed by atoms with Crippen molar-refractivity contribution in [2.45, 2.75) is 25.7 Å². The van der Waals surface area contributed by atoms with Crippen molar-refractivity contribution >= 4 is 31.6 Å². The van der Waals surface area contributed by atoms with E-state index in [2.05, 4.69) is 66.7 Å². The summed E-state index contributed by atoms with van der Waals surface area (Å²) in [6, 6.07) is 25.7. The highest BCUT2D eigenvalue weighted by Crippen LogP contribution is 2.63. The molecule has 0 unspecified atom stereocenters. The number of thiophene rings is 1. The van der Waals surface area contributed by atoms with Crippen molar-refractivity contribution in [2.75, 3.05) is 0 Å². The first kappa shape index (κ1) is 20.3. The van der Waals surface area contributed by atoms with Crippen LogP contribution in [-0.2, 0) is 25.7 Å². The fourth-order valence-electron chi connectivity index (χ4n) is 9.06. The van der Waals surface area contributed by atoms with Crippen molar-refractivity contribution in [3.8, 4) is 55.8 Å². The summed E-state index contributed by atoms with van der Waals surface area (Å²) in [5.74, 6) is 0. The Morgan fingerprint density at radius 1 is 0.512 bits per heavy atom. The summed E-state index contributed by atoms with van der Waals surface area (Å²) < 4.78 is 2.48. The summed E-state index contributed by atoms with van der Waals surface area (Å²) >= 11 is 1.84. The fourth-order valence-corrected chi connectivity index (χ4v) is 10.2. The molecule has 188 valence electrons. The second-order valence-corrected chi connectivity index (χ2v) is 13.5. The monoisotopic (exact) mass is 536 g/mol. The van der Waals surface area contributed by atoms with Gasteiger partial charge in [-0.3, -0.25) is 0 Å². The molecular formula is C38H20N2S. The Hall–Kier alpha value is -4.60. The Morgan fingerprint density at radius 2 is 1.05 bits per heavy atom. The number of hydrogen-bond donors (Lipinski definition) is 0. The van der Waals surface area contributed by atoms with Crippen molar-refractivity contribution in [2.24, 2.45) is 0 Å². The van der Waals surface area contributed by atoms with Crippen LogP contribution in [0.3, 0.4) is 0 Å². The summed E-state index contributed by atoms with van der Waals surface area (Å²) in [6.07, 6.45) is 5.83. The van der Waals surface area contributed by atoms with Crippen LogP contribution >= 0.6 is 11.3 Å². The van der Waals surface area contributed by atoms with Crippen LogP contribution in [0.2, 0.25) is 0 Å². The van der Waals surface area contributed by atoms with E-state index in [0.717, 1.165) is 36.9 Å². The van der Waals surface area contributed by atoms with E-state index in [4.69, 9.17) is 9.97 Å². The van der Waals surface area contributed by atoms with Crippen LogP contribution in [0.5, 0.6) is 0 Å². The Morgan fingerprint density at radius 3 is 1.71 bits per heavy atom. The zero-order chi connectivity index (χ0) is 26.1. The molecule has 3 heteroatoms. The average molecular weight is 537 g/mol. The smallest absolute Gasteiger partial charge is 0.116 e. The van der Waals surface area contributed by atoms with Gasteiger partial charge < -0.3 is 0 Å². The predicted molar refractivity (Wildman–Crippen MR) is 167 cm³/mol. The molecule has 0 N–H and O–H groups in total. The maximum Gasteiger partial charge on any atom is 0.116 e. The van der Waals surface area contributed by atoms with E-state index in [1.165, 1.54) is 104 Å². The highest BCUT2D eigenvalue weighted by molar-refractivity contribution is 7.26.